The normalized spacial score (nSPS) is 17.8. The number of amides is 1. The molecule has 1 aromatic carbocycles. The van der Waals surface area contributed by atoms with Crippen molar-refractivity contribution in [1.29, 1.82) is 0 Å². The Morgan fingerprint density at radius 2 is 1.82 bits per heavy atom. The maximum Gasteiger partial charge on any atom is 0.295 e. The summed E-state index contributed by atoms with van der Waals surface area (Å²) in [5.74, 6) is -0.548. The molecular formula is C24H32N4O5. The highest BCUT2D eigenvalue weighted by molar-refractivity contribution is 6.46. The van der Waals surface area contributed by atoms with Crippen LogP contribution in [0.1, 0.15) is 35.0 Å². The Labute approximate surface area is 194 Å². The third kappa shape index (κ3) is 4.45. The molecule has 1 fully saturated rings. The second kappa shape index (κ2) is 9.66. The number of benzene rings is 1. The standard InChI is InChI=1S/C24H32N4O5/c1-14-19(15(2)27(5)25-14)22(29)20-21(16-9-10-17(32-6)18(13-16)33-7)28(24(31)23(20)30)12-8-11-26(3)4/h9-10,13,21,29H,8,11-12H2,1-7H3/t21-/m1/s1. The predicted molar refractivity (Wildman–Crippen MR) is 124 cm³/mol. The lowest BCUT2D eigenvalue weighted by molar-refractivity contribution is -0.139. The van der Waals surface area contributed by atoms with Crippen LogP contribution in [0.25, 0.3) is 5.76 Å². The molecule has 1 aromatic heterocycles. The molecule has 2 heterocycles. The highest BCUT2D eigenvalue weighted by Crippen LogP contribution is 2.42. The number of carbonyl (C=O) groups is 2. The monoisotopic (exact) mass is 456 g/mol. The molecule has 1 aliphatic heterocycles. The zero-order valence-corrected chi connectivity index (χ0v) is 20.3. The SMILES string of the molecule is COc1ccc([C@@H]2C(=C(O)c3c(C)nn(C)c3C)C(=O)C(=O)N2CCCN(C)C)cc1OC. The van der Waals surface area contributed by atoms with E-state index in [1.165, 1.54) is 12.0 Å². The number of Topliss-reactive ketones (excluding diaryl/α,β-unsaturated/α-hetero) is 1. The van der Waals surface area contributed by atoms with Crippen LogP contribution in [0, 0.1) is 13.8 Å². The predicted octanol–water partition coefficient (Wildman–Crippen LogP) is 2.43. The molecule has 0 bridgehead atoms. The Morgan fingerprint density at radius 1 is 1.15 bits per heavy atom. The Morgan fingerprint density at radius 3 is 2.36 bits per heavy atom. The van der Waals surface area contributed by atoms with E-state index in [0.717, 1.165) is 6.54 Å². The molecule has 3 rings (SSSR count). The van der Waals surface area contributed by atoms with Gasteiger partial charge in [-0.15, -0.1) is 0 Å². The fourth-order valence-corrected chi connectivity index (χ4v) is 4.29. The summed E-state index contributed by atoms with van der Waals surface area (Å²) in [4.78, 5) is 29.9. The first-order valence-electron chi connectivity index (χ1n) is 10.8. The van der Waals surface area contributed by atoms with E-state index in [1.54, 1.807) is 44.0 Å². The van der Waals surface area contributed by atoms with E-state index in [1.807, 2.05) is 25.9 Å². The number of aryl methyl sites for hydroxylation is 2. The zero-order valence-electron chi connectivity index (χ0n) is 20.3. The van der Waals surface area contributed by atoms with Crippen LogP contribution < -0.4 is 9.47 Å². The van der Waals surface area contributed by atoms with E-state index in [9.17, 15) is 14.7 Å². The zero-order chi connectivity index (χ0) is 24.4. The lowest BCUT2D eigenvalue weighted by Crippen LogP contribution is -2.32. The average Bonchev–Trinajstić information content (AvgIpc) is 3.18. The summed E-state index contributed by atoms with van der Waals surface area (Å²) in [6, 6.07) is 4.50. The molecule has 1 N–H and O–H groups in total. The van der Waals surface area contributed by atoms with Crippen molar-refractivity contribution in [2.75, 3.05) is 41.4 Å². The number of ether oxygens (including phenoxy) is 2. The van der Waals surface area contributed by atoms with Crippen molar-refractivity contribution >= 4 is 17.4 Å². The van der Waals surface area contributed by atoms with Crippen molar-refractivity contribution in [2.45, 2.75) is 26.3 Å². The third-order valence-electron chi connectivity index (χ3n) is 6.01. The molecule has 1 aliphatic rings. The van der Waals surface area contributed by atoms with Crippen LogP contribution in [0.5, 0.6) is 11.5 Å². The largest absolute Gasteiger partial charge is 0.507 e. The number of aliphatic hydroxyl groups is 1. The average molecular weight is 457 g/mol. The molecular weight excluding hydrogens is 424 g/mol. The molecule has 1 atom stereocenters. The van der Waals surface area contributed by atoms with Crippen LogP contribution in [0.15, 0.2) is 23.8 Å². The van der Waals surface area contributed by atoms with Crippen LogP contribution in [0.3, 0.4) is 0 Å². The van der Waals surface area contributed by atoms with E-state index in [-0.39, 0.29) is 11.3 Å². The van der Waals surface area contributed by atoms with Gasteiger partial charge in [-0.3, -0.25) is 14.3 Å². The number of aliphatic hydroxyl groups excluding tert-OH is 1. The highest BCUT2D eigenvalue weighted by atomic mass is 16.5. The van der Waals surface area contributed by atoms with E-state index in [4.69, 9.17) is 9.47 Å². The number of aromatic nitrogens is 2. The molecule has 2 aromatic rings. The molecule has 1 amide bonds. The van der Waals surface area contributed by atoms with Crippen LogP contribution in [-0.2, 0) is 16.6 Å². The summed E-state index contributed by atoms with van der Waals surface area (Å²) >= 11 is 0. The minimum Gasteiger partial charge on any atom is -0.507 e. The number of hydrogen-bond acceptors (Lipinski definition) is 7. The molecule has 178 valence electrons. The van der Waals surface area contributed by atoms with Gasteiger partial charge >= 0.3 is 0 Å². The number of hydrogen-bond donors (Lipinski definition) is 1. The first-order valence-corrected chi connectivity index (χ1v) is 10.8. The molecule has 33 heavy (non-hydrogen) atoms. The summed E-state index contributed by atoms with van der Waals surface area (Å²) in [5.41, 5.74) is 2.45. The van der Waals surface area contributed by atoms with Gasteiger partial charge in [0.25, 0.3) is 11.7 Å². The minimum atomic E-state index is -0.758. The molecule has 0 saturated carbocycles. The van der Waals surface area contributed by atoms with Gasteiger partial charge in [0.2, 0.25) is 0 Å². The fourth-order valence-electron chi connectivity index (χ4n) is 4.29. The van der Waals surface area contributed by atoms with Crippen LogP contribution >= 0.6 is 0 Å². The van der Waals surface area contributed by atoms with Gasteiger partial charge in [-0.2, -0.15) is 5.10 Å². The number of methoxy groups -OCH3 is 2. The first kappa shape index (κ1) is 24.3. The number of carbonyl (C=O) groups excluding carboxylic acids is 2. The minimum absolute atomic E-state index is 0.0521. The van der Waals surface area contributed by atoms with Crippen molar-refractivity contribution in [3.8, 4) is 11.5 Å². The topological polar surface area (TPSA) is 97.1 Å². The van der Waals surface area contributed by atoms with Gasteiger partial charge in [0.15, 0.2) is 11.5 Å². The molecule has 0 radical (unpaired) electrons. The first-order chi connectivity index (χ1) is 15.6. The van der Waals surface area contributed by atoms with Gasteiger partial charge in [-0.25, -0.2) is 0 Å². The second-order valence-electron chi connectivity index (χ2n) is 8.43. The van der Waals surface area contributed by atoms with Crippen molar-refractivity contribution in [3.63, 3.8) is 0 Å². The van der Waals surface area contributed by atoms with Gasteiger partial charge in [-0.05, 0) is 58.6 Å². The summed E-state index contributed by atoms with van der Waals surface area (Å²) < 4.78 is 12.4. The summed E-state index contributed by atoms with van der Waals surface area (Å²) in [7, 11) is 8.74. The fraction of sp³-hybridized carbons (Fsp3) is 0.458. The Kier molecular flexibility index (Phi) is 7.12. The van der Waals surface area contributed by atoms with Crippen molar-refractivity contribution in [1.82, 2.24) is 19.6 Å². The van der Waals surface area contributed by atoms with Gasteiger partial charge in [-0.1, -0.05) is 6.07 Å². The summed E-state index contributed by atoms with van der Waals surface area (Å²) in [5, 5.41) is 15.7. The maximum atomic E-state index is 13.2. The number of nitrogens with zero attached hydrogens (tertiary/aromatic N) is 4. The summed E-state index contributed by atoms with van der Waals surface area (Å²) in [6.07, 6.45) is 0.675. The van der Waals surface area contributed by atoms with Crippen molar-refractivity contribution in [2.24, 2.45) is 7.05 Å². The second-order valence-corrected chi connectivity index (χ2v) is 8.43. The number of rotatable bonds is 8. The lowest BCUT2D eigenvalue weighted by atomic mass is 9.94. The molecule has 1 saturated heterocycles. The Bertz CT molecular complexity index is 1100. The van der Waals surface area contributed by atoms with Crippen LogP contribution in [0.2, 0.25) is 0 Å². The van der Waals surface area contributed by atoms with Crippen LogP contribution in [-0.4, -0.2) is 77.8 Å². The summed E-state index contributed by atoms with van der Waals surface area (Å²) in [6.45, 7) is 4.69. The van der Waals surface area contributed by atoms with Gasteiger partial charge in [0.05, 0.1) is 37.1 Å². The molecule has 9 heteroatoms. The quantitative estimate of drug-likeness (QED) is 0.370. The molecule has 0 unspecified atom stereocenters. The molecule has 0 spiro atoms. The lowest BCUT2D eigenvalue weighted by Gasteiger charge is -2.26. The highest BCUT2D eigenvalue weighted by Gasteiger charge is 2.46. The van der Waals surface area contributed by atoms with Gasteiger partial charge in [0.1, 0.15) is 5.76 Å². The Balaban J connectivity index is 2.20. The van der Waals surface area contributed by atoms with Crippen molar-refractivity contribution in [3.05, 3.63) is 46.3 Å². The van der Waals surface area contributed by atoms with E-state index >= 15 is 0 Å². The number of ketones is 1. The number of likely N-dealkylation sites (tertiary alicyclic amines) is 1. The Hall–Kier alpha value is -3.33. The molecule has 9 nitrogen and oxygen atoms in total. The van der Waals surface area contributed by atoms with Gasteiger partial charge < -0.3 is 24.4 Å². The smallest absolute Gasteiger partial charge is 0.295 e. The van der Waals surface area contributed by atoms with E-state index in [2.05, 4.69) is 5.10 Å². The maximum absolute atomic E-state index is 13.2. The van der Waals surface area contributed by atoms with Gasteiger partial charge in [0, 0.05) is 19.3 Å². The van der Waals surface area contributed by atoms with Crippen molar-refractivity contribution < 1.29 is 24.2 Å². The van der Waals surface area contributed by atoms with E-state index in [0.29, 0.717) is 47.0 Å². The third-order valence-corrected chi connectivity index (χ3v) is 6.01. The van der Waals surface area contributed by atoms with E-state index < -0.39 is 17.7 Å². The van der Waals surface area contributed by atoms with Crippen LogP contribution in [0.4, 0.5) is 0 Å². The molecule has 0 aliphatic carbocycles.